The van der Waals surface area contributed by atoms with E-state index in [1.165, 1.54) is 12.1 Å². The zero-order valence-corrected chi connectivity index (χ0v) is 11.6. The average Bonchev–Trinajstić information content (AvgIpc) is 2.93. The van der Waals surface area contributed by atoms with E-state index in [1.54, 1.807) is 12.1 Å². The molecule has 0 aliphatic heterocycles. The first-order valence-corrected chi connectivity index (χ1v) is 6.85. The first-order valence-electron chi connectivity index (χ1n) is 6.85. The minimum atomic E-state index is -0.336. The lowest BCUT2D eigenvalue weighted by Crippen LogP contribution is -2.13. The number of benzene rings is 2. The molecule has 0 radical (unpaired) electrons. The van der Waals surface area contributed by atoms with Gasteiger partial charge in [-0.1, -0.05) is 31.2 Å². The molecule has 1 amide bonds. The first-order chi connectivity index (χ1) is 10.2. The SMILES string of the molecule is CCc1ccccc1NC(=O)c1cc2c(F)cccc2[nH]1. The van der Waals surface area contributed by atoms with Crippen LogP contribution in [0.2, 0.25) is 0 Å². The quantitative estimate of drug-likeness (QED) is 0.745. The van der Waals surface area contributed by atoms with E-state index in [4.69, 9.17) is 0 Å². The Kier molecular flexibility index (Phi) is 3.44. The molecule has 4 heteroatoms. The number of para-hydroxylation sites is 1. The van der Waals surface area contributed by atoms with E-state index in [2.05, 4.69) is 10.3 Å². The molecule has 21 heavy (non-hydrogen) atoms. The second-order valence-electron chi connectivity index (χ2n) is 4.85. The minimum absolute atomic E-state index is 0.272. The maximum atomic E-state index is 13.7. The Morgan fingerprint density at radius 1 is 1.19 bits per heavy atom. The van der Waals surface area contributed by atoms with Crippen LogP contribution in [-0.2, 0) is 6.42 Å². The predicted molar refractivity (Wildman–Crippen MR) is 82.0 cm³/mol. The molecule has 0 fully saturated rings. The zero-order chi connectivity index (χ0) is 14.8. The topological polar surface area (TPSA) is 44.9 Å². The van der Waals surface area contributed by atoms with Crippen molar-refractivity contribution >= 4 is 22.5 Å². The highest BCUT2D eigenvalue weighted by Crippen LogP contribution is 2.21. The van der Waals surface area contributed by atoms with Crippen molar-refractivity contribution in [2.75, 3.05) is 5.32 Å². The van der Waals surface area contributed by atoms with Gasteiger partial charge in [0.2, 0.25) is 0 Å². The van der Waals surface area contributed by atoms with Gasteiger partial charge in [-0.25, -0.2) is 4.39 Å². The third-order valence-corrected chi connectivity index (χ3v) is 3.50. The number of aromatic nitrogens is 1. The van der Waals surface area contributed by atoms with Gasteiger partial charge >= 0.3 is 0 Å². The maximum Gasteiger partial charge on any atom is 0.272 e. The van der Waals surface area contributed by atoms with Crippen molar-refractivity contribution < 1.29 is 9.18 Å². The van der Waals surface area contributed by atoms with Crippen molar-refractivity contribution in [1.29, 1.82) is 0 Å². The van der Waals surface area contributed by atoms with Crippen molar-refractivity contribution in [2.24, 2.45) is 0 Å². The number of fused-ring (bicyclic) bond motifs is 1. The van der Waals surface area contributed by atoms with Crippen LogP contribution in [0, 0.1) is 5.82 Å². The number of halogens is 1. The average molecular weight is 282 g/mol. The van der Waals surface area contributed by atoms with E-state index in [0.717, 1.165) is 17.7 Å². The standard InChI is InChI=1S/C17H15FN2O/c1-2-11-6-3-4-8-14(11)20-17(21)16-10-12-13(18)7-5-9-15(12)19-16/h3-10,19H,2H2,1H3,(H,20,21). The molecule has 1 aromatic heterocycles. The number of hydrogen-bond donors (Lipinski definition) is 2. The molecule has 0 aliphatic rings. The fourth-order valence-electron chi connectivity index (χ4n) is 2.38. The molecule has 3 rings (SSSR count). The molecule has 2 aromatic carbocycles. The van der Waals surface area contributed by atoms with Crippen LogP contribution in [0.3, 0.4) is 0 Å². The summed E-state index contributed by atoms with van der Waals surface area (Å²) in [5.41, 5.74) is 2.81. The number of aromatic amines is 1. The number of amides is 1. The Labute approximate surface area is 121 Å². The molecule has 106 valence electrons. The molecule has 0 saturated carbocycles. The predicted octanol–water partition coefficient (Wildman–Crippen LogP) is 4.12. The van der Waals surface area contributed by atoms with Crippen LogP contribution in [0.5, 0.6) is 0 Å². The van der Waals surface area contributed by atoms with E-state index in [0.29, 0.717) is 16.6 Å². The van der Waals surface area contributed by atoms with E-state index in [-0.39, 0.29) is 11.7 Å². The summed E-state index contributed by atoms with van der Waals surface area (Å²) in [5, 5.41) is 3.29. The second kappa shape index (κ2) is 5.40. The molecule has 0 atom stereocenters. The summed E-state index contributed by atoms with van der Waals surface area (Å²) in [6.45, 7) is 2.03. The van der Waals surface area contributed by atoms with Gasteiger partial charge in [-0.15, -0.1) is 0 Å². The van der Waals surface area contributed by atoms with Crippen LogP contribution in [0.15, 0.2) is 48.5 Å². The molecule has 0 aliphatic carbocycles. The molecule has 1 heterocycles. The highest BCUT2D eigenvalue weighted by atomic mass is 19.1. The molecule has 0 spiro atoms. The third-order valence-electron chi connectivity index (χ3n) is 3.50. The van der Waals surface area contributed by atoms with Crippen LogP contribution < -0.4 is 5.32 Å². The summed E-state index contributed by atoms with van der Waals surface area (Å²) >= 11 is 0. The molecular formula is C17H15FN2O. The van der Waals surface area contributed by atoms with Crippen LogP contribution >= 0.6 is 0 Å². The van der Waals surface area contributed by atoms with Gasteiger partial charge < -0.3 is 10.3 Å². The lowest BCUT2D eigenvalue weighted by atomic mass is 10.1. The molecule has 3 aromatic rings. The van der Waals surface area contributed by atoms with Gasteiger partial charge in [0.1, 0.15) is 11.5 Å². The van der Waals surface area contributed by atoms with Crippen molar-refractivity contribution in [1.82, 2.24) is 4.98 Å². The second-order valence-corrected chi connectivity index (χ2v) is 4.85. The summed E-state index contributed by atoms with van der Waals surface area (Å²) < 4.78 is 13.7. The molecule has 0 unspecified atom stereocenters. The Hall–Kier alpha value is -2.62. The Morgan fingerprint density at radius 2 is 2.00 bits per heavy atom. The maximum absolute atomic E-state index is 13.7. The number of carbonyl (C=O) groups is 1. The van der Waals surface area contributed by atoms with Crippen LogP contribution in [0.4, 0.5) is 10.1 Å². The number of H-pyrrole nitrogens is 1. The number of nitrogens with one attached hydrogen (secondary N) is 2. The largest absolute Gasteiger partial charge is 0.350 e. The monoisotopic (exact) mass is 282 g/mol. The summed E-state index contributed by atoms with van der Waals surface area (Å²) in [5.74, 6) is -0.608. The first kappa shape index (κ1) is 13.4. The van der Waals surface area contributed by atoms with Gasteiger partial charge in [0.15, 0.2) is 0 Å². The third kappa shape index (κ3) is 2.52. The lowest BCUT2D eigenvalue weighted by Gasteiger charge is -2.08. The van der Waals surface area contributed by atoms with Gasteiger partial charge in [0.05, 0.1) is 0 Å². The highest BCUT2D eigenvalue weighted by Gasteiger charge is 2.12. The van der Waals surface area contributed by atoms with Gasteiger partial charge in [-0.3, -0.25) is 4.79 Å². The highest BCUT2D eigenvalue weighted by molar-refractivity contribution is 6.06. The Bertz CT molecular complexity index is 807. The molecule has 2 N–H and O–H groups in total. The number of carbonyl (C=O) groups excluding carboxylic acids is 1. The minimum Gasteiger partial charge on any atom is -0.350 e. The molecular weight excluding hydrogens is 267 g/mol. The van der Waals surface area contributed by atoms with Crippen molar-refractivity contribution in [3.63, 3.8) is 0 Å². The summed E-state index contributed by atoms with van der Waals surface area (Å²) in [6.07, 6.45) is 0.831. The van der Waals surface area contributed by atoms with E-state index in [1.807, 2.05) is 31.2 Å². The number of aryl methyl sites for hydroxylation is 1. The summed E-state index contributed by atoms with van der Waals surface area (Å²) in [7, 11) is 0. The number of hydrogen-bond acceptors (Lipinski definition) is 1. The Balaban J connectivity index is 1.92. The molecule has 3 nitrogen and oxygen atoms in total. The van der Waals surface area contributed by atoms with E-state index >= 15 is 0 Å². The lowest BCUT2D eigenvalue weighted by molar-refractivity contribution is 0.102. The van der Waals surface area contributed by atoms with Crippen LogP contribution in [-0.4, -0.2) is 10.9 Å². The fourth-order valence-corrected chi connectivity index (χ4v) is 2.38. The summed E-state index contributed by atoms with van der Waals surface area (Å²) in [6, 6.07) is 13.9. The van der Waals surface area contributed by atoms with Crippen LogP contribution in [0.25, 0.3) is 10.9 Å². The van der Waals surface area contributed by atoms with Gasteiger partial charge in [0.25, 0.3) is 5.91 Å². The Morgan fingerprint density at radius 3 is 2.76 bits per heavy atom. The van der Waals surface area contributed by atoms with E-state index in [9.17, 15) is 9.18 Å². The van der Waals surface area contributed by atoms with Crippen LogP contribution in [0.1, 0.15) is 23.0 Å². The van der Waals surface area contributed by atoms with Crippen molar-refractivity contribution in [3.05, 3.63) is 65.6 Å². The van der Waals surface area contributed by atoms with E-state index < -0.39 is 0 Å². The van der Waals surface area contributed by atoms with Gasteiger partial charge in [-0.05, 0) is 36.2 Å². The molecule has 0 bridgehead atoms. The van der Waals surface area contributed by atoms with Crippen molar-refractivity contribution in [2.45, 2.75) is 13.3 Å². The molecule has 0 saturated heterocycles. The van der Waals surface area contributed by atoms with Crippen molar-refractivity contribution in [3.8, 4) is 0 Å². The smallest absolute Gasteiger partial charge is 0.272 e. The normalized spacial score (nSPS) is 10.8. The van der Waals surface area contributed by atoms with Gasteiger partial charge in [0, 0.05) is 16.6 Å². The summed E-state index contributed by atoms with van der Waals surface area (Å²) in [4.78, 5) is 15.2. The number of rotatable bonds is 3. The number of anilines is 1. The van der Waals surface area contributed by atoms with Gasteiger partial charge in [-0.2, -0.15) is 0 Å². The zero-order valence-electron chi connectivity index (χ0n) is 11.6. The fraction of sp³-hybridized carbons (Fsp3) is 0.118.